The number of para-hydroxylation sites is 4. The molecule has 0 N–H and O–H groups in total. The van der Waals surface area contributed by atoms with E-state index in [4.69, 9.17) is 9.40 Å². The number of pyridine rings is 1. The SMILES string of the molecule is c1ccc(-c2cc(-n3c4ccccc4c4cc5c6c7oc8ccccc8c7ccc6n(-c6ccccc6)c5cc43)nc3ccccc23)cc1. The first-order valence-electron chi connectivity index (χ1n) is 16.6. The number of hydrogen-bond acceptors (Lipinski definition) is 2. The van der Waals surface area contributed by atoms with E-state index in [0.717, 1.165) is 77.2 Å². The molecule has 4 heterocycles. The van der Waals surface area contributed by atoms with Gasteiger partial charge in [-0.25, -0.2) is 4.98 Å². The molecule has 11 aromatic rings. The second kappa shape index (κ2) is 9.93. The molecule has 7 aromatic carbocycles. The smallest absolute Gasteiger partial charge is 0.145 e. The zero-order chi connectivity index (χ0) is 32.1. The Kier molecular flexibility index (Phi) is 5.35. The van der Waals surface area contributed by atoms with E-state index in [2.05, 4.69) is 167 Å². The predicted molar refractivity (Wildman–Crippen MR) is 203 cm³/mol. The molecule has 0 aliphatic rings. The molecule has 4 nitrogen and oxygen atoms in total. The summed E-state index contributed by atoms with van der Waals surface area (Å²) in [6.07, 6.45) is 0. The minimum absolute atomic E-state index is 0.894. The summed E-state index contributed by atoms with van der Waals surface area (Å²) in [7, 11) is 0. The van der Waals surface area contributed by atoms with Crippen molar-refractivity contribution in [3.8, 4) is 22.6 Å². The van der Waals surface area contributed by atoms with Crippen molar-refractivity contribution < 1.29 is 4.42 Å². The van der Waals surface area contributed by atoms with Crippen LogP contribution in [-0.4, -0.2) is 14.1 Å². The van der Waals surface area contributed by atoms with Crippen LogP contribution >= 0.6 is 0 Å². The van der Waals surface area contributed by atoms with Crippen molar-refractivity contribution in [2.24, 2.45) is 0 Å². The van der Waals surface area contributed by atoms with Crippen LogP contribution in [0.5, 0.6) is 0 Å². The van der Waals surface area contributed by atoms with Crippen LogP contribution in [0.2, 0.25) is 0 Å². The maximum absolute atomic E-state index is 6.66. The van der Waals surface area contributed by atoms with Gasteiger partial charge in [0.2, 0.25) is 0 Å². The monoisotopic (exact) mass is 625 g/mol. The fraction of sp³-hybridized carbons (Fsp3) is 0. The molecule has 0 aliphatic heterocycles. The lowest BCUT2D eigenvalue weighted by atomic mass is 10.0. The van der Waals surface area contributed by atoms with Crippen LogP contribution in [0.1, 0.15) is 0 Å². The van der Waals surface area contributed by atoms with Gasteiger partial charge in [0.15, 0.2) is 0 Å². The highest BCUT2D eigenvalue weighted by Gasteiger charge is 2.22. The van der Waals surface area contributed by atoms with E-state index in [1.807, 2.05) is 6.07 Å². The van der Waals surface area contributed by atoms with Crippen molar-refractivity contribution in [2.75, 3.05) is 0 Å². The van der Waals surface area contributed by atoms with E-state index >= 15 is 0 Å². The molecule has 4 heteroatoms. The molecule has 0 saturated carbocycles. The van der Waals surface area contributed by atoms with Crippen LogP contribution in [0.15, 0.2) is 168 Å². The molecular formula is C45H27N3O. The molecule has 4 aromatic heterocycles. The van der Waals surface area contributed by atoms with Crippen LogP contribution < -0.4 is 0 Å². The Hall–Kier alpha value is -6.65. The number of hydrogen-bond donors (Lipinski definition) is 0. The van der Waals surface area contributed by atoms with Crippen LogP contribution in [0.3, 0.4) is 0 Å². The maximum Gasteiger partial charge on any atom is 0.145 e. The topological polar surface area (TPSA) is 35.9 Å². The van der Waals surface area contributed by atoms with Crippen molar-refractivity contribution in [3.05, 3.63) is 164 Å². The Morgan fingerprint density at radius 3 is 1.98 bits per heavy atom. The predicted octanol–water partition coefficient (Wildman–Crippen LogP) is 12.0. The third kappa shape index (κ3) is 3.71. The average molecular weight is 626 g/mol. The summed E-state index contributed by atoms with van der Waals surface area (Å²) in [6.45, 7) is 0. The molecule has 0 saturated heterocycles. The van der Waals surface area contributed by atoms with Gasteiger partial charge in [-0.1, -0.05) is 103 Å². The normalized spacial score (nSPS) is 12.1. The lowest BCUT2D eigenvalue weighted by molar-refractivity contribution is 0.673. The lowest BCUT2D eigenvalue weighted by Crippen LogP contribution is -1.99. The highest BCUT2D eigenvalue weighted by Crippen LogP contribution is 2.44. The first-order valence-corrected chi connectivity index (χ1v) is 16.6. The molecule has 0 bridgehead atoms. The number of fused-ring (bicyclic) bond motifs is 11. The number of rotatable bonds is 3. The fourth-order valence-electron chi connectivity index (χ4n) is 7.98. The molecule has 0 spiro atoms. The Labute approximate surface area is 280 Å². The Balaban J connectivity index is 1.31. The standard InChI is InChI=1S/C45H27N3O/c1-3-13-28(14-4-1)34-26-43(46-37-20-10-7-17-30(34)37)48-38-21-11-8-18-31(38)35-25-36-41(27-40(35)48)47(29-15-5-2-6-16-29)39-24-23-33-32-19-9-12-22-42(32)49-45(33)44(36)39/h1-27H. The number of furan rings is 1. The van der Waals surface area contributed by atoms with Gasteiger partial charge in [0.1, 0.15) is 17.0 Å². The number of aromatic nitrogens is 3. The minimum Gasteiger partial charge on any atom is -0.455 e. The first kappa shape index (κ1) is 26.4. The Bertz CT molecular complexity index is 3090. The minimum atomic E-state index is 0.894. The van der Waals surface area contributed by atoms with Crippen LogP contribution in [0.4, 0.5) is 0 Å². The second-order valence-corrected chi connectivity index (χ2v) is 12.8. The van der Waals surface area contributed by atoms with Crippen molar-refractivity contribution in [3.63, 3.8) is 0 Å². The molecule has 0 fully saturated rings. The molecule has 0 atom stereocenters. The second-order valence-electron chi connectivity index (χ2n) is 12.8. The quantitative estimate of drug-likeness (QED) is 0.196. The summed E-state index contributed by atoms with van der Waals surface area (Å²) in [5, 5.41) is 8.06. The number of benzene rings is 7. The molecule has 0 unspecified atom stereocenters. The molecule has 0 amide bonds. The summed E-state index contributed by atoms with van der Waals surface area (Å²) >= 11 is 0. The average Bonchev–Trinajstić information content (AvgIpc) is 3.81. The van der Waals surface area contributed by atoms with E-state index in [1.165, 1.54) is 21.9 Å². The van der Waals surface area contributed by atoms with E-state index in [-0.39, 0.29) is 0 Å². The largest absolute Gasteiger partial charge is 0.455 e. The lowest BCUT2D eigenvalue weighted by Gasteiger charge is -2.13. The van der Waals surface area contributed by atoms with Crippen LogP contribution in [-0.2, 0) is 0 Å². The van der Waals surface area contributed by atoms with Crippen molar-refractivity contribution in [1.82, 2.24) is 14.1 Å². The summed E-state index contributed by atoms with van der Waals surface area (Å²) in [5.41, 5.74) is 10.7. The molecule has 228 valence electrons. The van der Waals surface area contributed by atoms with Gasteiger partial charge in [0.05, 0.1) is 33.0 Å². The summed E-state index contributed by atoms with van der Waals surface area (Å²) < 4.78 is 11.4. The van der Waals surface area contributed by atoms with Crippen LogP contribution in [0, 0.1) is 0 Å². The Morgan fingerprint density at radius 2 is 1.12 bits per heavy atom. The summed E-state index contributed by atoms with van der Waals surface area (Å²) in [4.78, 5) is 5.31. The van der Waals surface area contributed by atoms with E-state index in [1.54, 1.807) is 0 Å². The molecular weight excluding hydrogens is 599 g/mol. The Morgan fingerprint density at radius 1 is 0.429 bits per heavy atom. The van der Waals surface area contributed by atoms with Crippen molar-refractivity contribution in [1.29, 1.82) is 0 Å². The van der Waals surface area contributed by atoms with Crippen molar-refractivity contribution >= 4 is 76.5 Å². The number of nitrogens with zero attached hydrogens (tertiary/aromatic N) is 3. The fourth-order valence-corrected chi connectivity index (χ4v) is 7.98. The van der Waals surface area contributed by atoms with Gasteiger partial charge in [0, 0.05) is 38.0 Å². The van der Waals surface area contributed by atoms with Gasteiger partial charge in [-0.05, 0) is 71.8 Å². The zero-order valence-corrected chi connectivity index (χ0v) is 26.3. The van der Waals surface area contributed by atoms with Gasteiger partial charge in [-0.15, -0.1) is 0 Å². The van der Waals surface area contributed by atoms with E-state index in [9.17, 15) is 0 Å². The summed E-state index contributed by atoms with van der Waals surface area (Å²) in [6, 6.07) is 58.1. The summed E-state index contributed by atoms with van der Waals surface area (Å²) in [5.74, 6) is 0.894. The third-order valence-electron chi connectivity index (χ3n) is 10.1. The molecule has 0 radical (unpaired) electrons. The highest BCUT2D eigenvalue weighted by molar-refractivity contribution is 6.26. The zero-order valence-electron chi connectivity index (χ0n) is 26.3. The van der Waals surface area contributed by atoms with Gasteiger partial charge in [-0.3, -0.25) is 4.57 Å². The van der Waals surface area contributed by atoms with Crippen LogP contribution in [0.25, 0.3) is 99.1 Å². The third-order valence-corrected chi connectivity index (χ3v) is 10.1. The molecule has 0 aliphatic carbocycles. The molecule has 11 rings (SSSR count). The van der Waals surface area contributed by atoms with Gasteiger partial charge in [0.25, 0.3) is 0 Å². The van der Waals surface area contributed by atoms with Gasteiger partial charge < -0.3 is 8.98 Å². The van der Waals surface area contributed by atoms with Gasteiger partial charge in [-0.2, -0.15) is 0 Å². The first-order chi connectivity index (χ1) is 24.3. The van der Waals surface area contributed by atoms with Gasteiger partial charge >= 0.3 is 0 Å². The highest BCUT2D eigenvalue weighted by atomic mass is 16.3. The van der Waals surface area contributed by atoms with E-state index < -0.39 is 0 Å². The maximum atomic E-state index is 6.66. The van der Waals surface area contributed by atoms with E-state index in [0.29, 0.717) is 0 Å². The molecule has 49 heavy (non-hydrogen) atoms. The van der Waals surface area contributed by atoms with Crippen molar-refractivity contribution in [2.45, 2.75) is 0 Å².